The van der Waals surface area contributed by atoms with Crippen LogP contribution in [0.1, 0.15) is 43.1 Å². The second-order valence-corrected chi connectivity index (χ2v) is 5.53. The Morgan fingerprint density at radius 3 is 2.55 bits per heavy atom. The van der Waals surface area contributed by atoms with Gasteiger partial charge < -0.3 is 10.4 Å². The Labute approximate surface area is 120 Å². The van der Waals surface area contributed by atoms with E-state index < -0.39 is 5.97 Å². The van der Waals surface area contributed by atoms with E-state index in [1.807, 2.05) is 6.07 Å². The number of rotatable bonds is 7. The summed E-state index contributed by atoms with van der Waals surface area (Å²) in [7, 11) is 0. The Bertz CT molecular complexity index is 469. The molecule has 0 aliphatic carbocycles. The van der Waals surface area contributed by atoms with Gasteiger partial charge in [-0.25, -0.2) is 4.79 Å². The third-order valence-corrected chi connectivity index (χ3v) is 3.56. The lowest BCUT2D eigenvalue weighted by Gasteiger charge is -2.14. The minimum absolute atomic E-state index is 0.0561. The van der Waals surface area contributed by atoms with Crippen molar-refractivity contribution in [1.82, 2.24) is 5.32 Å². The molecular weight excluding hydrogens is 254 g/mol. The lowest BCUT2D eigenvalue weighted by molar-refractivity contribution is -0.122. The van der Waals surface area contributed by atoms with Gasteiger partial charge in [-0.15, -0.1) is 0 Å². The normalized spacial score (nSPS) is 12.2. The van der Waals surface area contributed by atoms with Crippen LogP contribution in [0.4, 0.5) is 0 Å². The zero-order valence-corrected chi connectivity index (χ0v) is 12.3. The maximum atomic E-state index is 11.7. The van der Waals surface area contributed by atoms with Crippen molar-refractivity contribution >= 4 is 11.9 Å². The number of hydrogen-bond acceptors (Lipinski definition) is 2. The van der Waals surface area contributed by atoms with E-state index in [1.54, 1.807) is 18.2 Å². The standard InChI is InChI=1S/C16H23NO3/c1-11(2)12(3)9-15(18)17-8-7-13-5-4-6-14(10-13)16(19)20/h4-6,10-12H,7-9H2,1-3H3,(H,17,18)(H,19,20). The van der Waals surface area contributed by atoms with E-state index in [2.05, 4.69) is 26.1 Å². The number of carboxylic acid groups (broad SMARTS) is 1. The van der Waals surface area contributed by atoms with Crippen LogP contribution in [0, 0.1) is 11.8 Å². The quantitative estimate of drug-likeness (QED) is 0.805. The average Bonchev–Trinajstić information content (AvgIpc) is 2.38. The van der Waals surface area contributed by atoms with Gasteiger partial charge in [0.2, 0.25) is 5.91 Å². The van der Waals surface area contributed by atoms with Crippen LogP contribution in [0.3, 0.4) is 0 Å². The van der Waals surface area contributed by atoms with Gasteiger partial charge in [0.15, 0.2) is 0 Å². The van der Waals surface area contributed by atoms with Gasteiger partial charge in [-0.3, -0.25) is 4.79 Å². The van der Waals surface area contributed by atoms with E-state index in [0.717, 1.165) is 5.56 Å². The molecule has 0 aliphatic rings. The number of carboxylic acids is 1. The predicted octanol–water partition coefficient (Wildman–Crippen LogP) is 2.73. The number of aromatic carboxylic acids is 1. The van der Waals surface area contributed by atoms with Gasteiger partial charge in [0, 0.05) is 13.0 Å². The minimum Gasteiger partial charge on any atom is -0.478 e. The molecule has 110 valence electrons. The van der Waals surface area contributed by atoms with Crippen molar-refractivity contribution in [3.63, 3.8) is 0 Å². The highest BCUT2D eigenvalue weighted by atomic mass is 16.4. The second-order valence-electron chi connectivity index (χ2n) is 5.53. The van der Waals surface area contributed by atoms with Crippen LogP contribution in [0.5, 0.6) is 0 Å². The fraction of sp³-hybridized carbons (Fsp3) is 0.500. The number of amides is 1. The van der Waals surface area contributed by atoms with Crippen LogP contribution in [-0.2, 0) is 11.2 Å². The first kappa shape index (κ1) is 16.2. The largest absolute Gasteiger partial charge is 0.478 e. The molecule has 0 saturated heterocycles. The van der Waals surface area contributed by atoms with Gasteiger partial charge in [0.25, 0.3) is 0 Å². The van der Waals surface area contributed by atoms with Crippen LogP contribution in [-0.4, -0.2) is 23.5 Å². The molecule has 2 N–H and O–H groups in total. The van der Waals surface area contributed by atoms with Gasteiger partial charge in [0.05, 0.1) is 5.56 Å². The molecule has 20 heavy (non-hydrogen) atoms. The lowest BCUT2D eigenvalue weighted by atomic mass is 9.94. The summed E-state index contributed by atoms with van der Waals surface area (Å²) in [6.07, 6.45) is 1.18. The van der Waals surface area contributed by atoms with Gasteiger partial charge in [-0.1, -0.05) is 32.9 Å². The third kappa shape index (κ3) is 5.43. The molecule has 0 aliphatic heterocycles. The van der Waals surface area contributed by atoms with Gasteiger partial charge >= 0.3 is 5.97 Å². The lowest BCUT2D eigenvalue weighted by Crippen LogP contribution is -2.28. The molecule has 1 unspecified atom stereocenters. The smallest absolute Gasteiger partial charge is 0.335 e. The molecule has 4 heteroatoms. The zero-order chi connectivity index (χ0) is 15.1. The first-order valence-electron chi connectivity index (χ1n) is 6.99. The van der Waals surface area contributed by atoms with Crippen LogP contribution in [0.25, 0.3) is 0 Å². The number of hydrogen-bond donors (Lipinski definition) is 2. The van der Waals surface area contributed by atoms with E-state index in [9.17, 15) is 9.59 Å². The Morgan fingerprint density at radius 1 is 1.25 bits per heavy atom. The number of carbonyl (C=O) groups excluding carboxylic acids is 1. The molecule has 0 fully saturated rings. The van der Waals surface area contributed by atoms with Gasteiger partial charge in [-0.05, 0) is 36.0 Å². The third-order valence-electron chi connectivity index (χ3n) is 3.56. The molecule has 1 rings (SSSR count). The van der Waals surface area contributed by atoms with Gasteiger partial charge in [-0.2, -0.15) is 0 Å². The molecule has 0 spiro atoms. The Morgan fingerprint density at radius 2 is 1.95 bits per heavy atom. The molecular formula is C16H23NO3. The highest BCUT2D eigenvalue weighted by Gasteiger charge is 2.12. The van der Waals surface area contributed by atoms with E-state index in [4.69, 9.17) is 5.11 Å². The number of nitrogens with one attached hydrogen (secondary N) is 1. The second kappa shape index (κ2) is 7.68. The highest BCUT2D eigenvalue weighted by Crippen LogP contribution is 2.13. The van der Waals surface area contributed by atoms with Crippen molar-refractivity contribution < 1.29 is 14.7 Å². The summed E-state index contributed by atoms with van der Waals surface area (Å²) in [6, 6.07) is 6.80. The first-order chi connectivity index (χ1) is 9.40. The van der Waals surface area contributed by atoms with E-state index in [-0.39, 0.29) is 11.5 Å². The molecule has 0 bridgehead atoms. The first-order valence-corrected chi connectivity index (χ1v) is 6.99. The molecule has 4 nitrogen and oxygen atoms in total. The SMILES string of the molecule is CC(C)C(C)CC(=O)NCCc1cccc(C(=O)O)c1. The fourth-order valence-electron chi connectivity index (χ4n) is 1.81. The molecule has 1 aromatic rings. The van der Waals surface area contributed by atoms with Gasteiger partial charge in [0.1, 0.15) is 0 Å². The fourth-order valence-corrected chi connectivity index (χ4v) is 1.81. The molecule has 1 atom stereocenters. The van der Waals surface area contributed by atoms with E-state index in [1.165, 1.54) is 0 Å². The molecule has 0 radical (unpaired) electrons. The van der Waals surface area contributed by atoms with Crippen LogP contribution in [0.15, 0.2) is 24.3 Å². The Balaban J connectivity index is 2.39. The zero-order valence-electron chi connectivity index (χ0n) is 12.3. The average molecular weight is 277 g/mol. The van der Waals surface area contributed by atoms with Crippen LogP contribution in [0.2, 0.25) is 0 Å². The maximum Gasteiger partial charge on any atom is 0.335 e. The van der Waals surface area contributed by atoms with Crippen molar-refractivity contribution in [1.29, 1.82) is 0 Å². The summed E-state index contributed by atoms with van der Waals surface area (Å²) in [6.45, 7) is 6.82. The Kier molecular flexibility index (Phi) is 6.22. The highest BCUT2D eigenvalue weighted by molar-refractivity contribution is 5.87. The molecule has 1 aromatic carbocycles. The van der Waals surface area contributed by atoms with Crippen molar-refractivity contribution in [3.8, 4) is 0 Å². The molecule has 0 saturated carbocycles. The van der Waals surface area contributed by atoms with Crippen LogP contribution >= 0.6 is 0 Å². The van der Waals surface area contributed by atoms with Crippen molar-refractivity contribution in [3.05, 3.63) is 35.4 Å². The summed E-state index contributed by atoms with van der Waals surface area (Å²) in [5.41, 5.74) is 1.20. The van der Waals surface area contributed by atoms with E-state index >= 15 is 0 Å². The summed E-state index contributed by atoms with van der Waals surface area (Å²) < 4.78 is 0. The monoisotopic (exact) mass is 277 g/mol. The topological polar surface area (TPSA) is 66.4 Å². The van der Waals surface area contributed by atoms with Crippen LogP contribution < -0.4 is 5.32 Å². The summed E-state index contributed by atoms with van der Waals surface area (Å²) in [5, 5.41) is 11.8. The predicted molar refractivity (Wildman–Crippen MR) is 78.7 cm³/mol. The van der Waals surface area contributed by atoms with Crippen molar-refractivity contribution in [2.75, 3.05) is 6.54 Å². The molecule has 0 heterocycles. The van der Waals surface area contributed by atoms with Crippen molar-refractivity contribution in [2.45, 2.75) is 33.6 Å². The number of carbonyl (C=O) groups is 2. The number of benzene rings is 1. The molecule has 1 amide bonds. The Hall–Kier alpha value is -1.84. The summed E-state index contributed by atoms with van der Waals surface area (Å²) in [4.78, 5) is 22.6. The molecule has 0 aromatic heterocycles. The minimum atomic E-state index is -0.929. The summed E-state index contributed by atoms with van der Waals surface area (Å²) in [5.74, 6) is -0.0134. The summed E-state index contributed by atoms with van der Waals surface area (Å²) >= 11 is 0. The maximum absolute atomic E-state index is 11.7. The van der Waals surface area contributed by atoms with E-state index in [0.29, 0.717) is 31.2 Å². The van der Waals surface area contributed by atoms with Crippen molar-refractivity contribution in [2.24, 2.45) is 11.8 Å².